The smallest absolute Gasteiger partial charge is 0.320 e. The van der Waals surface area contributed by atoms with Gasteiger partial charge in [0.1, 0.15) is 0 Å². The molecule has 1 aliphatic heterocycles. The van der Waals surface area contributed by atoms with E-state index in [-0.39, 0.29) is 23.8 Å². The van der Waals surface area contributed by atoms with E-state index in [0.29, 0.717) is 12.4 Å². The number of hydrogen-bond donors (Lipinski definition) is 2. The summed E-state index contributed by atoms with van der Waals surface area (Å²) in [7, 11) is 1.79. The Morgan fingerprint density at radius 1 is 1.35 bits per heavy atom. The van der Waals surface area contributed by atoms with Gasteiger partial charge in [0.05, 0.1) is 17.9 Å². The van der Waals surface area contributed by atoms with Crippen molar-refractivity contribution in [3.8, 4) is 0 Å². The Morgan fingerprint density at radius 3 is 2.48 bits per heavy atom. The highest BCUT2D eigenvalue weighted by molar-refractivity contribution is 5.88. The molecule has 0 radical (unpaired) electrons. The van der Waals surface area contributed by atoms with Crippen molar-refractivity contribution in [2.45, 2.75) is 52.4 Å². The number of carbonyl (C=O) groups is 1. The largest absolute Gasteiger partial charge is 0.373 e. The quantitative estimate of drug-likeness (QED) is 0.867. The van der Waals surface area contributed by atoms with E-state index in [9.17, 15) is 4.79 Å². The molecule has 8 nitrogen and oxygen atoms in total. The molecule has 0 spiro atoms. The molecule has 2 amide bonds. The van der Waals surface area contributed by atoms with Crippen molar-refractivity contribution < 1.29 is 9.53 Å². The van der Waals surface area contributed by atoms with Crippen LogP contribution in [0, 0.1) is 6.92 Å². The lowest BCUT2D eigenvalue weighted by Gasteiger charge is -2.45. The van der Waals surface area contributed by atoms with E-state index in [1.807, 2.05) is 6.92 Å². The van der Waals surface area contributed by atoms with Crippen LogP contribution in [0.25, 0.3) is 0 Å². The molecule has 2 N–H and O–H groups in total. The minimum absolute atomic E-state index is 0.152. The number of amides is 2. The lowest BCUT2D eigenvalue weighted by molar-refractivity contribution is -0.0947. The molecule has 1 saturated heterocycles. The fraction of sp³-hybridized carbons (Fsp3) is 0.800. The predicted octanol–water partition coefficient (Wildman–Crippen LogP) is 1.13. The van der Waals surface area contributed by atoms with Gasteiger partial charge in [0, 0.05) is 32.2 Å². The Balaban J connectivity index is 1.88. The molecule has 2 heterocycles. The van der Waals surface area contributed by atoms with Crippen LogP contribution in [-0.4, -0.2) is 63.3 Å². The van der Waals surface area contributed by atoms with Gasteiger partial charge >= 0.3 is 6.03 Å². The average Bonchev–Trinajstić information content (AvgIpc) is 2.76. The summed E-state index contributed by atoms with van der Waals surface area (Å²) < 4.78 is 7.39. The van der Waals surface area contributed by atoms with Crippen LogP contribution in [0.15, 0.2) is 0 Å². The molecule has 0 bridgehead atoms. The first-order valence-electron chi connectivity index (χ1n) is 8.00. The lowest BCUT2D eigenvalue weighted by Crippen LogP contribution is -2.59. The maximum Gasteiger partial charge on any atom is 0.320 e. The normalized spacial score (nSPS) is 22.9. The van der Waals surface area contributed by atoms with Crippen molar-refractivity contribution in [1.29, 1.82) is 0 Å². The van der Waals surface area contributed by atoms with Gasteiger partial charge in [0.2, 0.25) is 0 Å². The Morgan fingerprint density at radius 2 is 1.96 bits per heavy atom. The summed E-state index contributed by atoms with van der Waals surface area (Å²) in [5.41, 5.74) is 0.663. The van der Waals surface area contributed by atoms with Gasteiger partial charge in [-0.05, 0) is 34.6 Å². The first-order valence-corrected chi connectivity index (χ1v) is 8.00. The minimum Gasteiger partial charge on any atom is -0.373 e. The molecule has 8 heteroatoms. The van der Waals surface area contributed by atoms with Crippen LogP contribution in [0.3, 0.4) is 0 Å². The van der Waals surface area contributed by atoms with Gasteiger partial charge in [-0.1, -0.05) is 5.21 Å². The molecule has 0 saturated carbocycles. The molecular weight excluding hydrogens is 296 g/mol. The third kappa shape index (κ3) is 4.42. The second-order valence-corrected chi connectivity index (χ2v) is 6.93. The maximum atomic E-state index is 12.1. The highest BCUT2D eigenvalue weighted by Gasteiger charge is 2.33. The molecule has 2 rings (SSSR count). The van der Waals surface area contributed by atoms with E-state index in [2.05, 4.69) is 53.5 Å². The minimum atomic E-state index is -0.268. The van der Waals surface area contributed by atoms with Crippen molar-refractivity contribution in [3.05, 3.63) is 5.69 Å². The summed E-state index contributed by atoms with van der Waals surface area (Å²) in [6.45, 7) is 12.5. The van der Waals surface area contributed by atoms with Crippen molar-refractivity contribution >= 4 is 11.8 Å². The van der Waals surface area contributed by atoms with Gasteiger partial charge in [-0.2, -0.15) is 0 Å². The summed E-state index contributed by atoms with van der Waals surface area (Å²) in [6.07, 6.45) is 0.406. The third-order valence-electron chi connectivity index (χ3n) is 4.30. The number of ether oxygens (including phenoxy) is 1. The number of nitrogens with one attached hydrogen (secondary N) is 2. The van der Waals surface area contributed by atoms with Crippen molar-refractivity contribution in [2.75, 3.05) is 25.0 Å². The van der Waals surface area contributed by atoms with Gasteiger partial charge in [-0.15, -0.1) is 5.10 Å². The van der Waals surface area contributed by atoms with E-state index < -0.39 is 0 Å². The number of aromatic nitrogens is 3. The summed E-state index contributed by atoms with van der Waals surface area (Å²) in [5, 5.41) is 13.5. The Hall–Kier alpha value is -1.67. The molecule has 23 heavy (non-hydrogen) atoms. The second kappa shape index (κ2) is 6.84. The van der Waals surface area contributed by atoms with E-state index in [4.69, 9.17) is 4.74 Å². The second-order valence-electron chi connectivity index (χ2n) is 6.93. The maximum absolute atomic E-state index is 12.1. The predicted molar refractivity (Wildman–Crippen MR) is 88.4 cm³/mol. The number of anilines is 1. The number of rotatable bonds is 4. The average molecular weight is 324 g/mol. The molecule has 1 fully saturated rings. The number of carbonyl (C=O) groups excluding carboxylic acids is 1. The Bertz CT molecular complexity index is 546. The van der Waals surface area contributed by atoms with E-state index in [1.54, 1.807) is 11.7 Å². The standard InChI is InChI=1S/C15H28N6O2/c1-10-7-21(8-11(2)23-10)15(4,5)9-16-14(22)17-13-12(3)20(6)19-18-13/h10-11H,7-9H2,1-6H3,(H2,16,17,22). The molecule has 0 aromatic carbocycles. The van der Waals surface area contributed by atoms with Gasteiger partial charge in [0.25, 0.3) is 0 Å². The molecular formula is C15H28N6O2. The van der Waals surface area contributed by atoms with E-state index >= 15 is 0 Å². The Labute approximate surface area is 137 Å². The van der Waals surface area contributed by atoms with Gasteiger partial charge in [-0.3, -0.25) is 14.9 Å². The number of morpholine rings is 1. The summed E-state index contributed by atoms with van der Waals surface area (Å²) >= 11 is 0. The van der Waals surface area contributed by atoms with E-state index in [0.717, 1.165) is 18.8 Å². The van der Waals surface area contributed by atoms with Crippen LogP contribution in [0.2, 0.25) is 0 Å². The number of hydrogen-bond acceptors (Lipinski definition) is 5. The van der Waals surface area contributed by atoms with Crippen molar-refractivity contribution in [2.24, 2.45) is 7.05 Å². The van der Waals surface area contributed by atoms with Crippen molar-refractivity contribution in [3.63, 3.8) is 0 Å². The topological polar surface area (TPSA) is 84.3 Å². The third-order valence-corrected chi connectivity index (χ3v) is 4.30. The Kier molecular flexibility index (Phi) is 5.26. The van der Waals surface area contributed by atoms with Crippen LogP contribution in [0.1, 0.15) is 33.4 Å². The van der Waals surface area contributed by atoms with Crippen LogP contribution in [-0.2, 0) is 11.8 Å². The molecule has 1 aliphatic rings. The monoisotopic (exact) mass is 324 g/mol. The summed E-state index contributed by atoms with van der Waals surface area (Å²) in [5.74, 6) is 0.483. The first-order chi connectivity index (χ1) is 10.7. The van der Waals surface area contributed by atoms with Gasteiger partial charge < -0.3 is 10.1 Å². The highest BCUT2D eigenvalue weighted by atomic mass is 16.5. The fourth-order valence-corrected chi connectivity index (χ4v) is 2.75. The van der Waals surface area contributed by atoms with Crippen LogP contribution < -0.4 is 10.6 Å². The van der Waals surface area contributed by atoms with Crippen LogP contribution in [0.5, 0.6) is 0 Å². The highest BCUT2D eigenvalue weighted by Crippen LogP contribution is 2.20. The zero-order valence-electron chi connectivity index (χ0n) is 14.9. The van der Waals surface area contributed by atoms with E-state index in [1.165, 1.54) is 0 Å². The molecule has 0 aliphatic carbocycles. The molecule has 130 valence electrons. The number of aryl methyl sites for hydroxylation is 1. The molecule has 2 atom stereocenters. The lowest BCUT2D eigenvalue weighted by atomic mass is 10.0. The fourth-order valence-electron chi connectivity index (χ4n) is 2.75. The summed E-state index contributed by atoms with van der Waals surface area (Å²) in [6, 6.07) is -0.268. The van der Waals surface area contributed by atoms with Gasteiger partial charge in [0.15, 0.2) is 5.82 Å². The zero-order chi connectivity index (χ0) is 17.2. The first kappa shape index (κ1) is 17.7. The zero-order valence-corrected chi connectivity index (χ0v) is 14.9. The summed E-state index contributed by atoms with van der Waals surface area (Å²) in [4.78, 5) is 14.5. The van der Waals surface area contributed by atoms with Gasteiger partial charge in [-0.25, -0.2) is 4.79 Å². The number of nitrogens with zero attached hydrogens (tertiary/aromatic N) is 4. The van der Waals surface area contributed by atoms with Crippen LogP contribution in [0.4, 0.5) is 10.6 Å². The SMILES string of the molecule is Cc1c(NC(=O)NCC(C)(C)N2CC(C)OC(C)C2)nnn1C. The molecule has 2 unspecified atom stereocenters. The molecule has 1 aromatic rings. The van der Waals surface area contributed by atoms with Crippen LogP contribution >= 0.6 is 0 Å². The van der Waals surface area contributed by atoms with Crippen molar-refractivity contribution in [1.82, 2.24) is 25.2 Å². The molecule has 1 aromatic heterocycles. The number of urea groups is 1.